The van der Waals surface area contributed by atoms with Crippen molar-refractivity contribution in [2.75, 3.05) is 5.32 Å². The third-order valence-electron chi connectivity index (χ3n) is 4.89. The Balaban J connectivity index is 1.35. The first kappa shape index (κ1) is 14.9. The molecule has 1 amide bonds. The second-order valence-corrected chi connectivity index (χ2v) is 6.60. The number of hydrogen-bond donors (Lipinski definition) is 3. The van der Waals surface area contributed by atoms with Gasteiger partial charge in [0.15, 0.2) is 11.6 Å². The molecule has 4 aromatic rings. The molecule has 1 aliphatic rings. The van der Waals surface area contributed by atoms with E-state index in [4.69, 9.17) is 4.42 Å². The Morgan fingerprint density at radius 1 is 1.31 bits per heavy atom. The summed E-state index contributed by atoms with van der Waals surface area (Å²) in [6.45, 7) is 0. The van der Waals surface area contributed by atoms with E-state index in [2.05, 4.69) is 25.5 Å². The van der Waals surface area contributed by atoms with Gasteiger partial charge in [0.2, 0.25) is 5.91 Å². The third kappa shape index (κ3) is 2.57. The number of amides is 1. The molecule has 3 N–H and O–H groups in total. The maximum atomic E-state index is 12.6. The van der Waals surface area contributed by atoms with Crippen molar-refractivity contribution in [3.8, 4) is 11.6 Å². The molecule has 0 fully saturated rings. The monoisotopic (exact) mass is 347 g/mol. The summed E-state index contributed by atoms with van der Waals surface area (Å²) in [5, 5.41) is 10.1. The van der Waals surface area contributed by atoms with Crippen LogP contribution < -0.4 is 5.32 Å². The summed E-state index contributed by atoms with van der Waals surface area (Å²) in [6, 6.07) is 9.35. The van der Waals surface area contributed by atoms with E-state index in [1.807, 2.05) is 36.5 Å². The molecule has 0 radical (unpaired) electrons. The summed E-state index contributed by atoms with van der Waals surface area (Å²) in [5.41, 5.74) is 4.74. The first-order valence-corrected chi connectivity index (χ1v) is 8.62. The zero-order valence-corrected chi connectivity index (χ0v) is 14.0. The van der Waals surface area contributed by atoms with Gasteiger partial charge in [-0.15, -0.1) is 0 Å². The van der Waals surface area contributed by atoms with E-state index < -0.39 is 0 Å². The molecule has 7 nitrogen and oxygen atoms in total. The average Bonchev–Trinajstić information content (AvgIpc) is 3.39. The molecule has 0 saturated carbocycles. The maximum absolute atomic E-state index is 12.6. The molecular formula is C19H17N5O2. The van der Waals surface area contributed by atoms with Gasteiger partial charge in [0.25, 0.3) is 0 Å². The topological polar surface area (TPSA) is 99.6 Å². The van der Waals surface area contributed by atoms with Gasteiger partial charge in [-0.3, -0.25) is 9.89 Å². The van der Waals surface area contributed by atoms with E-state index in [-0.39, 0.29) is 11.8 Å². The summed E-state index contributed by atoms with van der Waals surface area (Å²) in [5.74, 6) is 1.37. The lowest BCUT2D eigenvalue weighted by atomic mass is 9.87. The van der Waals surface area contributed by atoms with Crippen molar-refractivity contribution in [1.82, 2.24) is 20.2 Å². The van der Waals surface area contributed by atoms with E-state index in [1.165, 1.54) is 0 Å². The number of nitrogens with zero attached hydrogens (tertiary/aromatic N) is 2. The molecule has 26 heavy (non-hydrogen) atoms. The van der Waals surface area contributed by atoms with Crippen LogP contribution in [0, 0.1) is 5.92 Å². The fraction of sp³-hybridized carbons (Fsp3) is 0.211. The minimum absolute atomic E-state index is 0.0313. The molecular weight excluding hydrogens is 330 g/mol. The second-order valence-electron chi connectivity index (χ2n) is 6.60. The third-order valence-corrected chi connectivity index (χ3v) is 4.89. The number of rotatable bonds is 3. The molecule has 1 unspecified atom stereocenters. The van der Waals surface area contributed by atoms with Crippen LogP contribution in [0.1, 0.15) is 17.7 Å². The van der Waals surface area contributed by atoms with Gasteiger partial charge in [0, 0.05) is 17.3 Å². The molecule has 5 rings (SSSR count). The largest absolute Gasteiger partial charge is 0.461 e. The van der Waals surface area contributed by atoms with Gasteiger partial charge in [-0.25, -0.2) is 4.98 Å². The second kappa shape index (κ2) is 5.87. The van der Waals surface area contributed by atoms with Gasteiger partial charge in [-0.2, -0.15) is 5.10 Å². The lowest BCUT2D eigenvalue weighted by Crippen LogP contribution is -2.27. The highest BCUT2D eigenvalue weighted by molar-refractivity contribution is 5.95. The Kier molecular flexibility index (Phi) is 3.38. The predicted molar refractivity (Wildman–Crippen MR) is 96.5 cm³/mol. The number of carbonyl (C=O) groups is 1. The summed E-state index contributed by atoms with van der Waals surface area (Å²) in [6.07, 6.45) is 5.85. The molecule has 0 spiro atoms. The first-order valence-electron chi connectivity index (χ1n) is 8.62. The van der Waals surface area contributed by atoms with Crippen LogP contribution in [0.25, 0.3) is 22.6 Å². The zero-order valence-electron chi connectivity index (χ0n) is 14.0. The molecule has 3 heterocycles. The number of furan rings is 1. The molecule has 7 heteroatoms. The van der Waals surface area contributed by atoms with Crippen molar-refractivity contribution in [2.24, 2.45) is 5.92 Å². The summed E-state index contributed by atoms with van der Waals surface area (Å²) in [7, 11) is 0. The highest BCUT2D eigenvalue weighted by Gasteiger charge is 2.25. The number of hydrogen-bond acceptors (Lipinski definition) is 4. The molecule has 0 saturated heterocycles. The quantitative estimate of drug-likeness (QED) is 0.529. The van der Waals surface area contributed by atoms with Crippen LogP contribution in [0.3, 0.4) is 0 Å². The molecule has 0 bridgehead atoms. The highest BCUT2D eigenvalue weighted by atomic mass is 16.3. The van der Waals surface area contributed by atoms with Crippen molar-refractivity contribution in [3.05, 3.63) is 54.0 Å². The van der Waals surface area contributed by atoms with Gasteiger partial charge in [0.1, 0.15) is 0 Å². The Labute approximate surface area is 148 Å². The fourth-order valence-electron chi connectivity index (χ4n) is 3.50. The van der Waals surface area contributed by atoms with Gasteiger partial charge >= 0.3 is 0 Å². The number of nitrogens with one attached hydrogen (secondary N) is 3. The average molecular weight is 347 g/mol. The lowest BCUT2D eigenvalue weighted by Gasteiger charge is -2.20. The molecule has 1 aromatic carbocycles. The van der Waals surface area contributed by atoms with Crippen molar-refractivity contribution in [3.63, 3.8) is 0 Å². The van der Waals surface area contributed by atoms with E-state index in [0.29, 0.717) is 11.6 Å². The predicted octanol–water partition coefficient (Wildman–Crippen LogP) is 3.29. The van der Waals surface area contributed by atoms with Gasteiger partial charge in [-0.05, 0) is 55.2 Å². The fourth-order valence-corrected chi connectivity index (χ4v) is 3.50. The van der Waals surface area contributed by atoms with Crippen molar-refractivity contribution in [2.45, 2.75) is 19.3 Å². The lowest BCUT2D eigenvalue weighted by molar-refractivity contribution is -0.120. The molecule has 3 aromatic heterocycles. The van der Waals surface area contributed by atoms with E-state index in [9.17, 15) is 4.79 Å². The van der Waals surface area contributed by atoms with Crippen LogP contribution in [0.4, 0.5) is 5.69 Å². The van der Waals surface area contributed by atoms with Crippen LogP contribution in [0.15, 0.2) is 47.2 Å². The Morgan fingerprint density at radius 2 is 2.27 bits per heavy atom. The van der Waals surface area contributed by atoms with E-state index >= 15 is 0 Å². The van der Waals surface area contributed by atoms with Crippen molar-refractivity contribution in [1.29, 1.82) is 0 Å². The van der Waals surface area contributed by atoms with Gasteiger partial charge in [0.05, 0.1) is 23.5 Å². The number of anilines is 1. The Bertz CT molecular complexity index is 1080. The summed E-state index contributed by atoms with van der Waals surface area (Å²) >= 11 is 0. The van der Waals surface area contributed by atoms with E-state index in [1.54, 1.807) is 6.26 Å². The zero-order chi connectivity index (χ0) is 17.5. The van der Waals surface area contributed by atoms with Crippen LogP contribution in [0.5, 0.6) is 0 Å². The number of imidazole rings is 1. The van der Waals surface area contributed by atoms with Gasteiger partial charge in [-0.1, -0.05) is 0 Å². The number of H-pyrrole nitrogens is 2. The molecule has 1 atom stereocenters. The maximum Gasteiger partial charge on any atom is 0.227 e. The first-order chi connectivity index (χ1) is 12.8. The summed E-state index contributed by atoms with van der Waals surface area (Å²) in [4.78, 5) is 20.4. The Morgan fingerprint density at radius 3 is 3.15 bits per heavy atom. The standard InChI is InChI=1S/C19H17N5O2/c25-19(11-3-5-14-12(8-11)10-20-24-14)21-13-4-6-15-16(9-13)23-18(22-15)17-2-1-7-26-17/h1-2,4,6-7,9-11H,3,5,8H2,(H,20,24)(H,21,25)(H,22,23). The molecule has 130 valence electrons. The van der Waals surface area contributed by atoms with Gasteiger partial charge < -0.3 is 14.7 Å². The number of aryl methyl sites for hydroxylation is 1. The van der Waals surface area contributed by atoms with Crippen LogP contribution >= 0.6 is 0 Å². The van der Waals surface area contributed by atoms with Crippen LogP contribution in [-0.4, -0.2) is 26.1 Å². The van der Waals surface area contributed by atoms with E-state index in [0.717, 1.165) is 47.2 Å². The molecule has 1 aliphatic carbocycles. The van der Waals surface area contributed by atoms with Crippen LogP contribution in [0.2, 0.25) is 0 Å². The number of carbonyl (C=O) groups excluding carboxylic acids is 1. The van der Waals surface area contributed by atoms with Crippen molar-refractivity contribution >= 4 is 22.6 Å². The molecule has 0 aliphatic heterocycles. The highest BCUT2D eigenvalue weighted by Crippen LogP contribution is 2.26. The number of benzene rings is 1. The Hall–Kier alpha value is -3.35. The van der Waals surface area contributed by atoms with Crippen LogP contribution in [-0.2, 0) is 17.6 Å². The minimum atomic E-state index is -0.0313. The van der Waals surface area contributed by atoms with Crippen molar-refractivity contribution < 1.29 is 9.21 Å². The minimum Gasteiger partial charge on any atom is -0.461 e. The number of fused-ring (bicyclic) bond motifs is 2. The number of aromatic amines is 2. The number of aromatic nitrogens is 4. The summed E-state index contributed by atoms with van der Waals surface area (Å²) < 4.78 is 5.37. The SMILES string of the molecule is O=C(Nc1ccc2nc(-c3ccco3)[nH]c2c1)C1CCc2[nH]ncc2C1. The normalized spacial score (nSPS) is 16.5. The smallest absolute Gasteiger partial charge is 0.227 e.